The van der Waals surface area contributed by atoms with Gasteiger partial charge in [-0.25, -0.2) is 39.9 Å². The van der Waals surface area contributed by atoms with E-state index in [4.69, 9.17) is 34.9 Å². The molecule has 19 rings (SSSR count). The van der Waals surface area contributed by atoms with Crippen LogP contribution in [0.1, 0.15) is 22.4 Å². The van der Waals surface area contributed by atoms with Gasteiger partial charge in [0.15, 0.2) is 23.3 Å². The Morgan fingerprint density at radius 3 is 0.695 bits per heavy atom. The fraction of sp³-hybridized carbons (Fsp3) is 0.0364. The standard InChI is InChI=1S/3C29H22N2.C23H18N2/c1-21-10-8-16-25(18-21)27-20-28(31-29(30-27)23-13-6-3-7-14-23)26-17-9-15-24(19-26)22-11-4-2-5-12-22;1-21-11-8-9-18-26(21)28-20-27(30-29(31-28)23-14-6-3-7-15-23)25-17-10-16-24(19-25)22-12-4-2-5-13-22;1-21-15-17-23(18-16-21)27-20-28(31-29(30-27)24-11-6-3-7-12-24)26-14-8-13-25(19-26)22-9-4-2-5-10-22;1-17-15-22(25-23(24-17)19-11-6-3-7-12-19)21-14-8-13-20(16-21)18-9-4-2-5-10-18/h3*2-20H,1H3;2-16H,1H3. The largest absolute Gasteiger partial charge is 0.233 e. The lowest BCUT2D eigenvalue weighted by atomic mass is 10.00. The zero-order valence-corrected chi connectivity index (χ0v) is 66.1. The number of nitrogens with zero attached hydrogens (tertiary/aromatic N) is 8. The Bertz CT molecular complexity index is 6550. The maximum Gasteiger partial charge on any atom is 0.160 e. The van der Waals surface area contributed by atoms with E-state index in [1.807, 2.05) is 122 Å². The van der Waals surface area contributed by atoms with Gasteiger partial charge in [-0.2, -0.15) is 0 Å². The number of hydrogen-bond acceptors (Lipinski definition) is 8. The lowest BCUT2D eigenvalue weighted by molar-refractivity contribution is 1.11. The highest BCUT2D eigenvalue weighted by Crippen LogP contribution is 2.36. The predicted octanol–water partition coefficient (Wildman–Crippen LogP) is 28.1. The minimum absolute atomic E-state index is 0.735. The molecular formula is C110H84N8. The van der Waals surface area contributed by atoms with Crippen LogP contribution in [0, 0.1) is 27.7 Å². The van der Waals surface area contributed by atoms with Gasteiger partial charge in [0.25, 0.3) is 0 Å². The van der Waals surface area contributed by atoms with Crippen molar-refractivity contribution in [2.75, 3.05) is 0 Å². The summed E-state index contributed by atoms with van der Waals surface area (Å²) in [5.74, 6) is 2.97. The molecule has 564 valence electrons. The van der Waals surface area contributed by atoms with E-state index in [0.29, 0.717) is 0 Å². The highest BCUT2D eigenvalue weighted by atomic mass is 14.9. The molecule has 4 aromatic heterocycles. The van der Waals surface area contributed by atoms with Crippen molar-refractivity contribution in [3.8, 4) is 169 Å². The van der Waals surface area contributed by atoms with Crippen LogP contribution in [0.4, 0.5) is 0 Å². The average molecular weight is 1520 g/mol. The fourth-order valence-corrected chi connectivity index (χ4v) is 14.1. The normalized spacial score (nSPS) is 10.7. The summed E-state index contributed by atoms with van der Waals surface area (Å²) < 4.78 is 0. The number of hydrogen-bond donors (Lipinski definition) is 0. The molecule has 15 aromatic carbocycles. The van der Waals surface area contributed by atoms with Gasteiger partial charge in [-0.1, -0.05) is 393 Å². The van der Waals surface area contributed by atoms with E-state index in [1.54, 1.807) is 0 Å². The van der Waals surface area contributed by atoms with Crippen molar-refractivity contribution in [3.05, 3.63) is 459 Å². The minimum atomic E-state index is 0.735. The van der Waals surface area contributed by atoms with Crippen molar-refractivity contribution in [1.29, 1.82) is 0 Å². The SMILES string of the molecule is Cc1cc(-c2cccc(-c3ccccc3)c2)nc(-c2ccccc2)n1.Cc1ccc(-c2cc(-c3cccc(-c4ccccc4)c3)nc(-c3ccccc3)n2)cc1.Cc1cccc(-c2cc(-c3cccc(-c4ccccc4)c3)nc(-c3ccccc3)n2)c1.Cc1ccccc1-c1cc(-c2cccc(-c3ccccc3)c2)nc(-c2ccccc2)n1. The van der Waals surface area contributed by atoms with Gasteiger partial charge in [0.2, 0.25) is 0 Å². The molecule has 8 heteroatoms. The van der Waals surface area contributed by atoms with E-state index in [0.717, 1.165) is 130 Å². The smallest absolute Gasteiger partial charge is 0.160 e. The van der Waals surface area contributed by atoms with E-state index in [2.05, 4.69) is 347 Å². The van der Waals surface area contributed by atoms with Gasteiger partial charge in [-0.3, -0.25) is 0 Å². The summed E-state index contributed by atoms with van der Waals surface area (Å²) in [6.07, 6.45) is 0. The van der Waals surface area contributed by atoms with Crippen LogP contribution in [0.2, 0.25) is 0 Å². The molecule has 4 heterocycles. The number of aromatic nitrogens is 8. The third-order valence-corrected chi connectivity index (χ3v) is 20.3. The van der Waals surface area contributed by atoms with E-state index in [1.165, 1.54) is 61.2 Å². The summed E-state index contributed by atoms with van der Waals surface area (Å²) in [6, 6.07) is 150. The highest BCUT2D eigenvalue weighted by molar-refractivity contribution is 5.81. The average Bonchev–Trinajstić information content (AvgIpc) is 0.932. The van der Waals surface area contributed by atoms with Crippen molar-refractivity contribution < 1.29 is 0 Å². The second-order valence-electron chi connectivity index (χ2n) is 28.9. The van der Waals surface area contributed by atoms with Crippen LogP contribution in [0.5, 0.6) is 0 Å². The molecule has 0 atom stereocenters. The summed E-state index contributed by atoms with van der Waals surface area (Å²) in [5, 5.41) is 0. The molecule has 0 N–H and O–H groups in total. The van der Waals surface area contributed by atoms with Gasteiger partial charge in [0, 0.05) is 66.9 Å². The van der Waals surface area contributed by atoms with Gasteiger partial charge in [-0.05, 0) is 132 Å². The molecule has 0 aliphatic carbocycles. The molecule has 118 heavy (non-hydrogen) atoms. The first-order valence-corrected chi connectivity index (χ1v) is 39.7. The van der Waals surface area contributed by atoms with E-state index in [-0.39, 0.29) is 0 Å². The summed E-state index contributed by atoms with van der Waals surface area (Å²) in [5.41, 5.74) is 32.3. The molecule has 0 fully saturated rings. The first-order chi connectivity index (χ1) is 58.1. The number of rotatable bonds is 15. The molecule has 0 aliphatic heterocycles. The first kappa shape index (κ1) is 76.6. The van der Waals surface area contributed by atoms with Crippen molar-refractivity contribution in [1.82, 2.24) is 39.9 Å². The fourth-order valence-electron chi connectivity index (χ4n) is 14.1. The Morgan fingerprint density at radius 2 is 0.373 bits per heavy atom. The van der Waals surface area contributed by atoms with Crippen molar-refractivity contribution >= 4 is 0 Å². The molecule has 0 saturated heterocycles. The summed E-state index contributed by atoms with van der Waals surface area (Å²) in [7, 11) is 0. The summed E-state index contributed by atoms with van der Waals surface area (Å²) >= 11 is 0. The zero-order chi connectivity index (χ0) is 80.2. The quantitative estimate of drug-likeness (QED) is 0.1000. The zero-order valence-electron chi connectivity index (χ0n) is 66.1. The second kappa shape index (κ2) is 37.1. The van der Waals surface area contributed by atoms with Crippen LogP contribution in [0.25, 0.3) is 169 Å². The minimum Gasteiger partial charge on any atom is -0.233 e. The van der Waals surface area contributed by atoms with Gasteiger partial charge in [0.1, 0.15) is 0 Å². The Labute approximate surface area is 691 Å². The van der Waals surface area contributed by atoms with E-state index < -0.39 is 0 Å². The first-order valence-electron chi connectivity index (χ1n) is 39.7. The molecule has 0 bridgehead atoms. The van der Waals surface area contributed by atoms with Crippen molar-refractivity contribution in [3.63, 3.8) is 0 Å². The van der Waals surface area contributed by atoms with Gasteiger partial charge in [0.05, 0.1) is 39.9 Å². The Balaban J connectivity index is 0.000000118. The molecule has 0 aliphatic rings. The monoisotopic (exact) mass is 1520 g/mol. The number of benzene rings is 15. The maximum absolute atomic E-state index is 4.95. The third-order valence-electron chi connectivity index (χ3n) is 20.3. The molecule has 0 radical (unpaired) electrons. The van der Waals surface area contributed by atoms with Crippen LogP contribution in [0.3, 0.4) is 0 Å². The lowest BCUT2D eigenvalue weighted by Gasteiger charge is -2.11. The lowest BCUT2D eigenvalue weighted by Crippen LogP contribution is -1.97. The maximum atomic E-state index is 4.95. The number of aryl methyl sites for hydroxylation is 4. The van der Waals surface area contributed by atoms with Crippen molar-refractivity contribution in [2.24, 2.45) is 0 Å². The van der Waals surface area contributed by atoms with Gasteiger partial charge >= 0.3 is 0 Å². The van der Waals surface area contributed by atoms with Crippen molar-refractivity contribution in [2.45, 2.75) is 27.7 Å². The van der Waals surface area contributed by atoms with Gasteiger partial charge < -0.3 is 0 Å². The molecule has 0 spiro atoms. The molecular weight excluding hydrogens is 1430 g/mol. The Morgan fingerprint density at radius 1 is 0.136 bits per heavy atom. The van der Waals surface area contributed by atoms with E-state index in [9.17, 15) is 0 Å². The predicted molar refractivity (Wildman–Crippen MR) is 489 cm³/mol. The summed E-state index contributed by atoms with van der Waals surface area (Å²) in [4.78, 5) is 39.0. The van der Waals surface area contributed by atoms with Crippen LogP contribution >= 0.6 is 0 Å². The van der Waals surface area contributed by atoms with Crippen LogP contribution in [-0.2, 0) is 0 Å². The van der Waals surface area contributed by atoms with Gasteiger partial charge in [-0.15, -0.1) is 0 Å². The Kier molecular flexibility index (Phi) is 24.1. The van der Waals surface area contributed by atoms with Crippen LogP contribution < -0.4 is 0 Å². The van der Waals surface area contributed by atoms with Crippen LogP contribution in [-0.4, -0.2) is 39.9 Å². The third kappa shape index (κ3) is 19.3. The summed E-state index contributed by atoms with van der Waals surface area (Å²) in [6.45, 7) is 8.33. The van der Waals surface area contributed by atoms with E-state index >= 15 is 0 Å². The molecule has 0 saturated carbocycles. The Hall–Kier alpha value is -15.4. The second-order valence-corrected chi connectivity index (χ2v) is 28.9. The molecule has 0 amide bonds. The van der Waals surface area contributed by atoms with Crippen LogP contribution in [0.15, 0.2) is 437 Å². The highest BCUT2D eigenvalue weighted by Gasteiger charge is 2.17. The molecule has 8 nitrogen and oxygen atoms in total. The topological polar surface area (TPSA) is 103 Å². The molecule has 19 aromatic rings. The molecule has 0 unspecified atom stereocenters.